The fourth-order valence-electron chi connectivity index (χ4n) is 3.47. The van der Waals surface area contributed by atoms with Gasteiger partial charge in [-0.2, -0.15) is 9.40 Å². The summed E-state index contributed by atoms with van der Waals surface area (Å²) in [5.74, 6) is 0.843. The minimum Gasteiger partial charge on any atom is -0.491 e. The maximum atomic E-state index is 13.0. The number of hydrogen-bond donors (Lipinski definition) is 0. The highest BCUT2D eigenvalue weighted by atomic mass is 32.2. The predicted octanol–water partition coefficient (Wildman–Crippen LogP) is 3.06. The Labute approximate surface area is 155 Å². The number of rotatable bonds is 6. The second kappa shape index (κ2) is 7.80. The van der Waals surface area contributed by atoms with Gasteiger partial charge in [0.05, 0.1) is 17.9 Å². The van der Waals surface area contributed by atoms with Crippen LogP contribution in [0.3, 0.4) is 0 Å². The fourth-order valence-corrected chi connectivity index (χ4v) is 5.36. The van der Waals surface area contributed by atoms with Gasteiger partial charge >= 0.3 is 0 Å². The zero-order chi connectivity index (χ0) is 18.7. The summed E-state index contributed by atoms with van der Waals surface area (Å²) in [6, 6.07) is 7.85. The molecule has 0 N–H and O–H groups in total. The van der Waals surface area contributed by atoms with Gasteiger partial charge in [0.25, 0.3) is 0 Å². The van der Waals surface area contributed by atoms with Gasteiger partial charge in [-0.1, -0.05) is 24.6 Å². The molecule has 1 aliphatic heterocycles. The first-order valence-corrected chi connectivity index (χ1v) is 10.6. The number of piperidine rings is 1. The third-order valence-corrected chi connectivity index (χ3v) is 7.03. The summed E-state index contributed by atoms with van der Waals surface area (Å²) in [5, 5.41) is 4.46. The molecule has 1 aliphatic rings. The first-order valence-electron chi connectivity index (χ1n) is 9.14. The Balaban J connectivity index is 1.74. The number of hydrogen-bond acceptors (Lipinski definition) is 4. The van der Waals surface area contributed by atoms with E-state index in [4.69, 9.17) is 4.74 Å². The molecular weight excluding hydrogens is 350 g/mol. The van der Waals surface area contributed by atoms with E-state index in [1.807, 2.05) is 38.1 Å². The van der Waals surface area contributed by atoms with Gasteiger partial charge in [-0.3, -0.25) is 4.68 Å². The van der Waals surface area contributed by atoms with Crippen LogP contribution in [0.25, 0.3) is 0 Å². The van der Waals surface area contributed by atoms with Crippen LogP contribution in [0.4, 0.5) is 0 Å². The highest BCUT2D eigenvalue weighted by Crippen LogP contribution is 2.26. The van der Waals surface area contributed by atoms with E-state index in [0.717, 1.165) is 30.6 Å². The molecule has 0 amide bonds. The Morgan fingerprint density at radius 1 is 1.08 bits per heavy atom. The van der Waals surface area contributed by atoms with Crippen LogP contribution in [0, 0.1) is 20.8 Å². The molecule has 0 aliphatic carbocycles. The van der Waals surface area contributed by atoms with Gasteiger partial charge in [-0.05, 0) is 45.2 Å². The van der Waals surface area contributed by atoms with Crippen molar-refractivity contribution in [2.45, 2.75) is 51.5 Å². The molecular formula is C19H27N3O3S. The van der Waals surface area contributed by atoms with E-state index in [2.05, 4.69) is 5.10 Å². The zero-order valence-electron chi connectivity index (χ0n) is 15.7. The number of aryl methyl sites for hydroxylation is 2. The molecule has 6 nitrogen and oxygen atoms in total. The van der Waals surface area contributed by atoms with Gasteiger partial charge < -0.3 is 4.74 Å². The standard InChI is InChI=1S/C19H27N3O3S/c1-15-9-5-6-10-18(15)25-14-13-22-17(3)19(16(2)20-22)26(23,24)21-11-7-4-8-12-21/h5-6,9-10H,4,7-8,11-14H2,1-3H3. The first-order chi connectivity index (χ1) is 12.4. The van der Waals surface area contributed by atoms with Crippen molar-refractivity contribution in [3.8, 4) is 5.75 Å². The van der Waals surface area contributed by atoms with Gasteiger partial charge in [0.2, 0.25) is 10.0 Å². The highest BCUT2D eigenvalue weighted by Gasteiger charge is 2.31. The van der Waals surface area contributed by atoms with Crippen LogP contribution in [0.1, 0.15) is 36.2 Å². The average molecular weight is 378 g/mol. The fraction of sp³-hybridized carbons (Fsp3) is 0.526. The van der Waals surface area contributed by atoms with Crippen LogP contribution >= 0.6 is 0 Å². The summed E-state index contributed by atoms with van der Waals surface area (Å²) in [6.07, 6.45) is 2.95. The lowest BCUT2D eigenvalue weighted by atomic mass is 10.2. The molecule has 0 unspecified atom stereocenters. The SMILES string of the molecule is Cc1ccccc1OCCn1nc(C)c(S(=O)(=O)N2CCCCC2)c1C. The molecule has 1 aromatic heterocycles. The molecule has 0 atom stereocenters. The Bertz CT molecular complexity index is 868. The lowest BCUT2D eigenvalue weighted by Gasteiger charge is -2.26. The molecule has 1 aromatic carbocycles. The summed E-state index contributed by atoms with van der Waals surface area (Å²) in [6.45, 7) is 7.74. The second-order valence-corrected chi connectivity index (χ2v) is 8.68. The molecule has 0 saturated carbocycles. The molecule has 1 fully saturated rings. The smallest absolute Gasteiger partial charge is 0.246 e. The van der Waals surface area contributed by atoms with Crippen molar-refractivity contribution in [1.29, 1.82) is 0 Å². The first kappa shape index (κ1) is 18.9. The van der Waals surface area contributed by atoms with Crippen molar-refractivity contribution >= 4 is 10.0 Å². The quantitative estimate of drug-likeness (QED) is 0.776. The van der Waals surface area contributed by atoms with Gasteiger partial charge in [0.15, 0.2) is 0 Å². The van der Waals surface area contributed by atoms with Crippen LogP contribution in [0.2, 0.25) is 0 Å². The van der Waals surface area contributed by atoms with Crippen molar-refractivity contribution in [2.75, 3.05) is 19.7 Å². The van der Waals surface area contributed by atoms with E-state index in [0.29, 0.717) is 42.5 Å². The average Bonchev–Trinajstić information content (AvgIpc) is 2.91. The minimum atomic E-state index is -3.48. The maximum Gasteiger partial charge on any atom is 0.246 e. The Morgan fingerprint density at radius 2 is 1.77 bits per heavy atom. The van der Waals surface area contributed by atoms with Crippen LogP contribution in [-0.2, 0) is 16.6 Å². The van der Waals surface area contributed by atoms with E-state index in [9.17, 15) is 8.42 Å². The van der Waals surface area contributed by atoms with Crippen molar-refractivity contribution in [2.24, 2.45) is 0 Å². The molecule has 1 saturated heterocycles. The molecule has 7 heteroatoms. The number of aromatic nitrogens is 2. The van der Waals surface area contributed by atoms with E-state index in [1.54, 1.807) is 15.9 Å². The number of nitrogens with zero attached hydrogens (tertiary/aromatic N) is 3. The van der Waals surface area contributed by atoms with Gasteiger partial charge in [0.1, 0.15) is 17.3 Å². The summed E-state index contributed by atoms with van der Waals surface area (Å²) >= 11 is 0. The number of sulfonamides is 1. The number of ether oxygens (including phenoxy) is 1. The minimum absolute atomic E-state index is 0.357. The molecule has 142 valence electrons. The molecule has 0 bridgehead atoms. The zero-order valence-corrected chi connectivity index (χ0v) is 16.6. The third-order valence-electron chi connectivity index (χ3n) is 4.88. The van der Waals surface area contributed by atoms with Gasteiger partial charge in [-0.15, -0.1) is 0 Å². The van der Waals surface area contributed by atoms with Crippen molar-refractivity contribution in [1.82, 2.24) is 14.1 Å². The number of benzene rings is 1. The summed E-state index contributed by atoms with van der Waals surface area (Å²) in [4.78, 5) is 0.357. The van der Waals surface area contributed by atoms with Crippen molar-refractivity contribution in [3.05, 3.63) is 41.2 Å². The summed E-state index contributed by atoms with van der Waals surface area (Å²) < 4.78 is 35.2. The highest BCUT2D eigenvalue weighted by molar-refractivity contribution is 7.89. The normalized spacial score (nSPS) is 16.0. The molecule has 3 rings (SSSR count). The van der Waals surface area contributed by atoms with E-state index < -0.39 is 10.0 Å². The Kier molecular flexibility index (Phi) is 5.67. The Morgan fingerprint density at radius 3 is 2.46 bits per heavy atom. The molecule has 2 aromatic rings. The predicted molar refractivity (Wildman–Crippen MR) is 101 cm³/mol. The largest absolute Gasteiger partial charge is 0.491 e. The lowest BCUT2D eigenvalue weighted by Crippen LogP contribution is -2.36. The van der Waals surface area contributed by atoms with Crippen LogP contribution in [-0.4, -0.2) is 42.2 Å². The maximum absolute atomic E-state index is 13.0. The van der Waals surface area contributed by atoms with E-state index in [-0.39, 0.29) is 0 Å². The Hall–Kier alpha value is -1.86. The molecule has 2 heterocycles. The molecule has 0 radical (unpaired) electrons. The summed E-state index contributed by atoms with van der Waals surface area (Å²) in [5.41, 5.74) is 2.32. The van der Waals surface area contributed by atoms with Crippen LogP contribution in [0.15, 0.2) is 29.2 Å². The third kappa shape index (κ3) is 3.78. The molecule has 26 heavy (non-hydrogen) atoms. The van der Waals surface area contributed by atoms with Crippen molar-refractivity contribution in [3.63, 3.8) is 0 Å². The monoisotopic (exact) mass is 377 g/mol. The second-order valence-electron chi connectivity index (χ2n) is 6.80. The molecule has 0 spiro atoms. The topological polar surface area (TPSA) is 64.4 Å². The van der Waals surface area contributed by atoms with E-state index >= 15 is 0 Å². The van der Waals surface area contributed by atoms with Crippen molar-refractivity contribution < 1.29 is 13.2 Å². The van der Waals surface area contributed by atoms with Crippen LogP contribution in [0.5, 0.6) is 5.75 Å². The van der Waals surface area contributed by atoms with E-state index in [1.165, 1.54) is 0 Å². The number of para-hydroxylation sites is 1. The lowest BCUT2D eigenvalue weighted by molar-refractivity contribution is 0.287. The van der Waals surface area contributed by atoms with Crippen LogP contribution < -0.4 is 4.74 Å². The van der Waals surface area contributed by atoms with Gasteiger partial charge in [0, 0.05) is 13.1 Å². The van der Waals surface area contributed by atoms with Gasteiger partial charge in [-0.25, -0.2) is 8.42 Å². The summed E-state index contributed by atoms with van der Waals surface area (Å²) in [7, 11) is -3.48.